The van der Waals surface area contributed by atoms with Crippen LogP contribution in [0.2, 0.25) is 0 Å². The van der Waals surface area contributed by atoms with Crippen LogP contribution in [0.1, 0.15) is 11.1 Å². The van der Waals surface area contributed by atoms with Gasteiger partial charge in [-0.3, -0.25) is 0 Å². The highest BCUT2D eigenvalue weighted by atomic mass is 79.9. The van der Waals surface area contributed by atoms with E-state index in [9.17, 15) is 4.39 Å². The van der Waals surface area contributed by atoms with E-state index >= 15 is 0 Å². The molecule has 3 rings (SSSR count). The van der Waals surface area contributed by atoms with Crippen molar-refractivity contribution in [1.29, 1.82) is 5.26 Å². The van der Waals surface area contributed by atoms with Gasteiger partial charge in [0, 0.05) is 4.47 Å². The van der Waals surface area contributed by atoms with Crippen molar-refractivity contribution in [2.24, 2.45) is 0 Å². The van der Waals surface area contributed by atoms with Gasteiger partial charge in [-0.1, -0.05) is 28.1 Å². The van der Waals surface area contributed by atoms with Gasteiger partial charge in [-0.2, -0.15) is 10.1 Å². The third-order valence-corrected chi connectivity index (χ3v) is 3.53. The second-order valence-electron chi connectivity index (χ2n) is 4.58. The standard InChI is InChI=1S/C15H9BrFN5/c16-12-5-6-13(14(17)7-12)15-19-21-22(20-15)9-11-3-1-10(8-18)2-4-11/h1-7H,9H2. The first-order valence-electron chi connectivity index (χ1n) is 6.38. The molecule has 3 aromatic rings. The highest BCUT2D eigenvalue weighted by Gasteiger charge is 2.11. The van der Waals surface area contributed by atoms with Gasteiger partial charge >= 0.3 is 0 Å². The molecule has 0 fully saturated rings. The van der Waals surface area contributed by atoms with E-state index in [4.69, 9.17) is 5.26 Å². The van der Waals surface area contributed by atoms with E-state index in [2.05, 4.69) is 37.4 Å². The van der Waals surface area contributed by atoms with Crippen molar-refractivity contribution >= 4 is 15.9 Å². The van der Waals surface area contributed by atoms with E-state index in [0.717, 1.165) is 5.56 Å². The molecule has 0 bridgehead atoms. The monoisotopic (exact) mass is 357 g/mol. The molecule has 0 N–H and O–H groups in total. The first-order valence-corrected chi connectivity index (χ1v) is 7.17. The Labute approximate surface area is 134 Å². The van der Waals surface area contributed by atoms with Gasteiger partial charge < -0.3 is 0 Å². The van der Waals surface area contributed by atoms with Crippen molar-refractivity contribution in [3.8, 4) is 17.5 Å². The summed E-state index contributed by atoms with van der Waals surface area (Å²) in [4.78, 5) is 1.39. The highest BCUT2D eigenvalue weighted by Crippen LogP contribution is 2.22. The number of rotatable bonds is 3. The molecular formula is C15H9BrFN5. The van der Waals surface area contributed by atoms with Gasteiger partial charge in [-0.15, -0.1) is 10.2 Å². The molecule has 0 spiro atoms. The van der Waals surface area contributed by atoms with Gasteiger partial charge in [-0.05, 0) is 41.1 Å². The Bertz CT molecular complexity index is 851. The van der Waals surface area contributed by atoms with Crippen LogP contribution in [0.3, 0.4) is 0 Å². The Morgan fingerprint density at radius 2 is 1.95 bits per heavy atom. The third-order valence-electron chi connectivity index (χ3n) is 3.03. The van der Waals surface area contributed by atoms with Crippen molar-refractivity contribution in [3.05, 3.63) is 63.9 Å². The molecule has 0 saturated heterocycles. The molecule has 0 radical (unpaired) electrons. The Hall–Kier alpha value is -2.59. The molecule has 0 unspecified atom stereocenters. The van der Waals surface area contributed by atoms with Gasteiger partial charge in [-0.25, -0.2) is 4.39 Å². The van der Waals surface area contributed by atoms with Gasteiger partial charge in [0.1, 0.15) is 5.82 Å². The van der Waals surface area contributed by atoms with Crippen LogP contribution in [0.15, 0.2) is 46.9 Å². The summed E-state index contributed by atoms with van der Waals surface area (Å²) in [5, 5.41) is 20.8. The summed E-state index contributed by atoms with van der Waals surface area (Å²) in [7, 11) is 0. The Morgan fingerprint density at radius 1 is 1.18 bits per heavy atom. The summed E-state index contributed by atoms with van der Waals surface area (Å²) >= 11 is 3.21. The van der Waals surface area contributed by atoms with Crippen LogP contribution < -0.4 is 0 Å². The highest BCUT2D eigenvalue weighted by molar-refractivity contribution is 9.10. The Kier molecular flexibility index (Phi) is 3.94. The van der Waals surface area contributed by atoms with Crippen molar-refractivity contribution in [2.45, 2.75) is 6.54 Å². The van der Waals surface area contributed by atoms with Crippen molar-refractivity contribution in [3.63, 3.8) is 0 Å². The van der Waals surface area contributed by atoms with E-state index in [-0.39, 0.29) is 5.82 Å². The maximum Gasteiger partial charge on any atom is 0.207 e. The fraction of sp³-hybridized carbons (Fsp3) is 0.0667. The molecular weight excluding hydrogens is 349 g/mol. The van der Waals surface area contributed by atoms with Crippen LogP contribution in [0.25, 0.3) is 11.4 Å². The van der Waals surface area contributed by atoms with Crippen LogP contribution in [0, 0.1) is 17.1 Å². The van der Waals surface area contributed by atoms with Gasteiger partial charge in [0.25, 0.3) is 0 Å². The molecule has 0 aliphatic rings. The largest absolute Gasteiger partial charge is 0.207 e. The number of aromatic nitrogens is 4. The van der Waals surface area contributed by atoms with Crippen molar-refractivity contribution < 1.29 is 4.39 Å². The minimum atomic E-state index is -0.410. The maximum atomic E-state index is 13.9. The average Bonchev–Trinajstić information content (AvgIpc) is 2.96. The SMILES string of the molecule is N#Cc1ccc(Cn2nnc(-c3ccc(Br)cc3F)n2)cc1. The lowest BCUT2D eigenvalue weighted by Crippen LogP contribution is -2.04. The molecule has 108 valence electrons. The lowest BCUT2D eigenvalue weighted by atomic mass is 10.1. The predicted octanol–water partition coefficient (Wildman–Crippen LogP) is 3.16. The zero-order valence-corrected chi connectivity index (χ0v) is 12.8. The molecule has 7 heteroatoms. The maximum absolute atomic E-state index is 13.9. The van der Waals surface area contributed by atoms with Crippen molar-refractivity contribution in [1.82, 2.24) is 20.2 Å². The summed E-state index contributed by atoms with van der Waals surface area (Å²) in [5.74, 6) is -0.175. The zero-order valence-electron chi connectivity index (χ0n) is 11.2. The van der Waals surface area contributed by atoms with E-state index in [1.54, 1.807) is 24.3 Å². The summed E-state index contributed by atoms with van der Waals surface area (Å²) in [5.41, 5.74) is 1.82. The molecule has 1 aromatic heterocycles. The van der Waals surface area contributed by atoms with E-state index in [0.29, 0.717) is 22.1 Å². The molecule has 5 nitrogen and oxygen atoms in total. The van der Waals surface area contributed by atoms with Gasteiger partial charge in [0.2, 0.25) is 5.82 Å². The minimum Gasteiger partial charge on any atom is -0.206 e. The molecule has 0 amide bonds. The summed E-state index contributed by atoms with van der Waals surface area (Å²) in [6.45, 7) is 0.400. The smallest absolute Gasteiger partial charge is 0.206 e. The predicted molar refractivity (Wildman–Crippen MR) is 81.2 cm³/mol. The van der Waals surface area contributed by atoms with Crippen LogP contribution in [-0.2, 0) is 6.54 Å². The fourth-order valence-electron chi connectivity index (χ4n) is 1.94. The number of nitriles is 1. The number of nitrogens with zero attached hydrogens (tertiary/aromatic N) is 5. The van der Waals surface area contributed by atoms with Crippen molar-refractivity contribution in [2.75, 3.05) is 0 Å². The summed E-state index contributed by atoms with van der Waals surface area (Å²) in [6.07, 6.45) is 0. The molecule has 2 aromatic carbocycles. The van der Waals surface area contributed by atoms with Gasteiger partial charge in [0.05, 0.1) is 23.7 Å². The lowest BCUT2D eigenvalue weighted by molar-refractivity contribution is 0.572. The van der Waals surface area contributed by atoms with E-state index in [1.165, 1.54) is 10.9 Å². The molecule has 0 atom stereocenters. The quantitative estimate of drug-likeness (QED) is 0.721. The molecule has 0 aliphatic heterocycles. The van der Waals surface area contributed by atoms with Gasteiger partial charge in [0.15, 0.2) is 0 Å². The second kappa shape index (κ2) is 6.03. The van der Waals surface area contributed by atoms with Crippen LogP contribution in [0.4, 0.5) is 4.39 Å². The van der Waals surface area contributed by atoms with Crippen LogP contribution >= 0.6 is 15.9 Å². The normalized spacial score (nSPS) is 10.4. The third kappa shape index (κ3) is 3.02. The first kappa shape index (κ1) is 14.4. The van der Waals surface area contributed by atoms with E-state index in [1.807, 2.05) is 12.1 Å². The fourth-order valence-corrected chi connectivity index (χ4v) is 2.27. The lowest BCUT2D eigenvalue weighted by Gasteiger charge is -2.00. The van der Waals surface area contributed by atoms with Crippen LogP contribution in [-0.4, -0.2) is 20.2 Å². The zero-order chi connectivity index (χ0) is 15.5. The molecule has 1 heterocycles. The number of hydrogen-bond acceptors (Lipinski definition) is 4. The summed E-state index contributed by atoms with van der Waals surface area (Å²) < 4.78 is 14.5. The summed E-state index contributed by atoms with van der Waals surface area (Å²) in [6, 6.07) is 13.8. The Morgan fingerprint density at radius 3 is 2.64 bits per heavy atom. The van der Waals surface area contributed by atoms with E-state index < -0.39 is 5.82 Å². The molecule has 0 saturated carbocycles. The average molecular weight is 358 g/mol. The Balaban J connectivity index is 1.82. The molecule has 22 heavy (non-hydrogen) atoms. The number of tetrazole rings is 1. The van der Waals surface area contributed by atoms with Crippen LogP contribution in [0.5, 0.6) is 0 Å². The number of hydrogen-bond donors (Lipinski definition) is 0. The minimum absolute atomic E-state index is 0.235. The number of benzene rings is 2. The number of halogens is 2. The molecule has 0 aliphatic carbocycles. The first-order chi connectivity index (χ1) is 10.7. The second-order valence-corrected chi connectivity index (χ2v) is 5.49. The topological polar surface area (TPSA) is 67.4 Å².